The van der Waals surface area contributed by atoms with Crippen LogP contribution in [0.2, 0.25) is 0 Å². The monoisotopic (exact) mass is 217 g/mol. The Bertz CT molecular complexity index is 385. The molecule has 82 valence electrons. The molecular formula is C10H10F3NO. The second-order valence-corrected chi connectivity index (χ2v) is 3.11. The second-order valence-electron chi connectivity index (χ2n) is 3.11. The first-order valence-electron chi connectivity index (χ1n) is 4.26. The van der Waals surface area contributed by atoms with E-state index in [1.807, 2.05) is 0 Å². The number of carbonyl (C=O) groups excluding carboxylic acids is 1. The van der Waals surface area contributed by atoms with Gasteiger partial charge in [0.2, 0.25) is 0 Å². The molecule has 0 aromatic heterocycles. The van der Waals surface area contributed by atoms with Crippen molar-refractivity contribution in [1.29, 1.82) is 0 Å². The largest absolute Gasteiger partial charge is 0.416 e. The molecular weight excluding hydrogens is 207 g/mol. The lowest BCUT2D eigenvalue weighted by Gasteiger charge is -2.10. The molecule has 0 aliphatic heterocycles. The summed E-state index contributed by atoms with van der Waals surface area (Å²) in [6.07, 6.45) is -4.42. The highest BCUT2D eigenvalue weighted by Gasteiger charge is 2.31. The van der Waals surface area contributed by atoms with Crippen molar-refractivity contribution in [1.82, 2.24) is 5.32 Å². The van der Waals surface area contributed by atoms with Crippen molar-refractivity contribution in [2.45, 2.75) is 13.1 Å². The standard InChI is InChI=1S/C10H10F3NO/c1-6-3-4-7(10(11,12)13)5-8(6)9(15)14-2/h3-5H,1-2H3,(H,14,15). The summed E-state index contributed by atoms with van der Waals surface area (Å²) in [4.78, 5) is 11.2. The topological polar surface area (TPSA) is 29.1 Å². The first-order chi connectivity index (χ1) is 6.86. The fourth-order valence-corrected chi connectivity index (χ4v) is 1.18. The lowest BCUT2D eigenvalue weighted by atomic mass is 10.0. The van der Waals surface area contributed by atoms with E-state index in [1.54, 1.807) is 6.92 Å². The minimum absolute atomic E-state index is 0.0484. The summed E-state index contributed by atoms with van der Waals surface area (Å²) in [5.74, 6) is -0.515. The number of hydrogen-bond donors (Lipinski definition) is 1. The van der Waals surface area contributed by atoms with E-state index in [0.717, 1.165) is 12.1 Å². The Morgan fingerprint density at radius 2 is 1.93 bits per heavy atom. The van der Waals surface area contributed by atoms with Gasteiger partial charge in [-0.2, -0.15) is 13.2 Å². The zero-order valence-corrected chi connectivity index (χ0v) is 8.27. The Morgan fingerprint density at radius 3 is 2.40 bits per heavy atom. The van der Waals surface area contributed by atoms with Crippen LogP contribution in [-0.2, 0) is 6.18 Å². The van der Waals surface area contributed by atoms with E-state index in [1.165, 1.54) is 13.1 Å². The molecule has 1 N–H and O–H groups in total. The summed E-state index contributed by atoms with van der Waals surface area (Å²) in [6.45, 7) is 1.59. The van der Waals surface area contributed by atoms with Crippen molar-refractivity contribution in [3.8, 4) is 0 Å². The zero-order valence-electron chi connectivity index (χ0n) is 8.27. The van der Waals surface area contributed by atoms with E-state index < -0.39 is 17.6 Å². The molecule has 0 spiro atoms. The number of hydrogen-bond acceptors (Lipinski definition) is 1. The highest BCUT2D eigenvalue weighted by molar-refractivity contribution is 5.95. The third kappa shape index (κ3) is 2.49. The van der Waals surface area contributed by atoms with Gasteiger partial charge in [0.05, 0.1) is 5.56 Å². The van der Waals surface area contributed by atoms with Crippen molar-refractivity contribution in [2.24, 2.45) is 0 Å². The molecule has 15 heavy (non-hydrogen) atoms. The molecule has 0 fully saturated rings. The summed E-state index contributed by atoms with van der Waals surface area (Å²) in [7, 11) is 1.38. The fourth-order valence-electron chi connectivity index (χ4n) is 1.18. The Labute approximate surface area is 85.1 Å². The van der Waals surface area contributed by atoms with Crippen molar-refractivity contribution >= 4 is 5.91 Å². The quantitative estimate of drug-likeness (QED) is 0.768. The molecule has 0 aliphatic rings. The van der Waals surface area contributed by atoms with E-state index in [0.29, 0.717) is 5.56 Å². The smallest absolute Gasteiger partial charge is 0.355 e. The first-order valence-corrected chi connectivity index (χ1v) is 4.26. The lowest BCUT2D eigenvalue weighted by molar-refractivity contribution is -0.137. The van der Waals surface area contributed by atoms with Gasteiger partial charge >= 0.3 is 6.18 Å². The van der Waals surface area contributed by atoms with Gasteiger partial charge in [-0.1, -0.05) is 6.07 Å². The van der Waals surface area contributed by atoms with Gasteiger partial charge in [-0.05, 0) is 24.6 Å². The predicted octanol–water partition coefficient (Wildman–Crippen LogP) is 2.37. The molecule has 1 aromatic rings. The SMILES string of the molecule is CNC(=O)c1cc(C(F)(F)F)ccc1C. The van der Waals surface area contributed by atoms with Crippen LogP contribution in [0.4, 0.5) is 13.2 Å². The van der Waals surface area contributed by atoms with Crippen LogP contribution in [-0.4, -0.2) is 13.0 Å². The third-order valence-electron chi connectivity index (χ3n) is 2.04. The molecule has 1 rings (SSSR count). The van der Waals surface area contributed by atoms with Crippen LogP contribution in [0.3, 0.4) is 0 Å². The summed E-state index contributed by atoms with van der Waals surface area (Å²) in [6, 6.07) is 3.10. The fraction of sp³-hybridized carbons (Fsp3) is 0.300. The molecule has 1 amide bonds. The predicted molar refractivity (Wildman–Crippen MR) is 49.6 cm³/mol. The summed E-state index contributed by atoms with van der Waals surface area (Å²) in [5, 5.41) is 2.29. The van der Waals surface area contributed by atoms with Gasteiger partial charge in [-0.3, -0.25) is 4.79 Å². The third-order valence-corrected chi connectivity index (χ3v) is 2.04. The molecule has 0 heterocycles. The number of nitrogens with one attached hydrogen (secondary N) is 1. The average Bonchev–Trinajstić information content (AvgIpc) is 2.15. The van der Waals surface area contributed by atoms with Gasteiger partial charge in [0.1, 0.15) is 0 Å². The van der Waals surface area contributed by atoms with Crippen molar-refractivity contribution in [3.63, 3.8) is 0 Å². The van der Waals surface area contributed by atoms with Crippen LogP contribution in [0.1, 0.15) is 21.5 Å². The maximum atomic E-state index is 12.3. The van der Waals surface area contributed by atoms with E-state index in [-0.39, 0.29) is 5.56 Å². The van der Waals surface area contributed by atoms with Crippen LogP contribution in [0.25, 0.3) is 0 Å². The first kappa shape index (κ1) is 11.6. The Morgan fingerprint density at radius 1 is 1.33 bits per heavy atom. The summed E-state index contributed by atoms with van der Waals surface area (Å²) < 4.78 is 37.0. The van der Waals surface area contributed by atoms with E-state index >= 15 is 0 Å². The number of rotatable bonds is 1. The van der Waals surface area contributed by atoms with E-state index in [2.05, 4.69) is 5.32 Å². The van der Waals surface area contributed by atoms with Crippen molar-refractivity contribution < 1.29 is 18.0 Å². The molecule has 1 aromatic carbocycles. The number of benzene rings is 1. The second kappa shape index (κ2) is 3.92. The molecule has 0 bridgehead atoms. The Hall–Kier alpha value is -1.52. The van der Waals surface area contributed by atoms with Gasteiger partial charge < -0.3 is 5.32 Å². The van der Waals surface area contributed by atoms with Gasteiger partial charge in [0, 0.05) is 12.6 Å². The average molecular weight is 217 g/mol. The minimum atomic E-state index is -4.42. The van der Waals surface area contributed by atoms with E-state index in [9.17, 15) is 18.0 Å². The normalized spacial score (nSPS) is 11.3. The molecule has 5 heteroatoms. The number of aryl methyl sites for hydroxylation is 1. The van der Waals surface area contributed by atoms with Gasteiger partial charge in [-0.15, -0.1) is 0 Å². The summed E-state index contributed by atoms with van der Waals surface area (Å²) in [5.41, 5.74) is -0.249. The Kier molecular flexibility index (Phi) is 3.02. The number of carbonyl (C=O) groups is 1. The summed E-state index contributed by atoms with van der Waals surface area (Å²) >= 11 is 0. The molecule has 0 saturated carbocycles. The van der Waals surface area contributed by atoms with Crippen LogP contribution in [0, 0.1) is 6.92 Å². The van der Waals surface area contributed by atoms with Gasteiger partial charge in [0.15, 0.2) is 0 Å². The van der Waals surface area contributed by atoms with Crippen molar-refractivity contribution in [2.75, 3.05) is 7.05 Å². The minimum Gasteiger partial charge on any atom is -0.355 e. The highest BCUT2D eigenvalue weighted by Crippen LogP contribution is 2.30. The lowest BCUT2D eigenvalue weighted by Crippen LogP contribution is -2.20. The van der Waals surface area contributed by atoms with Crippen LogP contribution >= 0.6 is 0 Å². The zero-order chi connectivity index (χ0) is 11.6. The number of alkyl halides is 3. The molecule has 0 unspecified atom stereocenters. The number of halogens is 3. The van der Waals surface area contributed by atoms with Crippen LogP contribution in [0.15, 0.2) is 18.2 Å². The highest BCUT2D eigenvalue weighted by atomic mass is 19.4. The molecule has 0 atom stereocenters. The molecule has 0 radical (unpaired) electrons. The van der Waals surface area contributed by atoms with Crippen LogP contribution in [0.5, 0.6) is 0 Å². The van der Waals surface area contributed by atoms with Crippen molar-refractivity contribution in [3.05, 3.63) is 34.9 Å². The maximum Gasteiger partial charge on any atom is 0.416 e. The van der Waals surface area contributed by atoms with Crippen LogP contribution < -0.4 is 5.32 Å². The van der Waals surface area contributed by atoms with E-state index in [4.69, 9.17) is 0 Å². The molecule has 0 aliphatic carbocycles. The molecule has 0 saturated heterocycles. The molecule has 2 nitrogen and oxygen atoms in total. The van der Waals surface area contributed by atoms with Gasteiger partial charge in [-0.25, -0.2) is 0 Å². The number of amides is 1. The van der Waals surface area contributed by atoms with Gasteiger partial charge in [0.25, 0.3) is 5.91 Å². The Balaban J connectivity index is 3.23. The maximum absolute atomic E-state index is 12.3.